The van der Waals surface area contributed by atoms with Gasteiger partial charge in [-0.15, -0.1) is 0 Å². The van der Waals surface area contributed by atoms with Crippen molar-refractivity contribution in [1.82, 2.24) is 4.90 Å². The lowest BCUT2D eigenvalue weighted by Crippen LogP contribution is -2.45. The third-order valence-electron chi connectivity index (χ3n) is 8.47. The van der Waals surface area contributed by atoms with Crippen LogP contribution in [0.15, 0.2) is 91.0 Å². The highest BCUT2D eigenvalue weighted by Gasteiger charge is 2.36. The molecule has 4 aromatic carbocycles. The largest absolute Gasteiger partial charge is 0.465 e. The minimum Gasteiger partial charge on any atom is -0.465 e. The highest BCUT2D eigenvalue weighted by molar-refractivity contribution is 5.94. The number of benzene rings is 4. The Bertz CT molecular complexity index is 1720. The Morgan fingerprint density at radius 3 is 1.83 bits per heavy atom. The third kappa shape index (κ3) is 7.58. The Balaban J connectivity index is 1.59. The number of fused-ring (bicyclic) bond motifs is 1. The van der Waals surface area contributed by atoms with Gasteiger partial charge in [0.05, 0.1) is 25.3 Å². The van der Waals surface area contributed by atoms with Crippen LogP contribution < -0.4 is 10.2 Å². The summed E-state index contributed by atoms with van der Waals surface area (Å²) in [5.74, 6) is -0.961. The molecule has 0 aromatic heterocycles. The topological polar surface area (TPSA) is 105 Å². The van der Waals surface area contributed by atoms with Crippen molar-refractivity contribution in [2.24, 2.45) is 0 Å². The van der Waals surface area contributed by atoms with Crippen molar-refractivity contribution in [1.29, 1.82) is 0 Å². The molecule has 0 aliphatic carbocycles. The Labute approximate surface area is 275 Å². The smallest absolute Gasteiger partial charge is 0.337 e. The second-order valence-corrected chi connectivity index (χ2v) is 11.8. The van der Waals surface area contributed by atoms with E-state index >= 15 is 0 Å². The van der Waals surface area contributed by atoms with E-state index in [1.807, 2.05) is 65.6 Å². The predicted octanol–water partition coefficient (Wildman–Crippen LogP) is 6.77. The number of nitrogens with one attached hydrogen (secondary N) is 1. The molecule has 1 aliphatic rings. The molecule has 0 spiro atoms. The molecule has 0 unspecified atom stereocenters. The molecule has 0 saturated carbocycles. The summed E-state index contributed by atoms with van der Waals surface area (Å²) in [4.78, 5) is 53.1. The van der Waals surface area contributed by atoms with Gasteiger partial charge in [0.2, 0.25) is 11.8 Å². The van der Waals surface area contributed by atoms with E-state index in [1.54, 1.807) is 31.2 Å². The summed E-state index contributed by atoms with van der Waals surface area (Å²) >= 11 is 0. The molecule has 47 heavy (non-hydrogen) atoms. The number of anilines is 2. The van der Waals surface area contributed by atoms with Crippen LogP contribution in [0.4, 0.5) is 11.4 Å². The maximum atomic E-state index is 13.0. The molecule has 9 heteroatoms. The maximum Gasteiger partial charge on any atom is 0.337 e. The van der Waals surface area contributed by atoms with Crippen molar-refractivity contribution < 1.29 is 28.7 Å². The van der Waals surface area contributed by atoms with Gasteiger partial charge in [0, 0.05) is 50.4 Å². The number of amides is 2. The van der Waals surface area contributed by atoms with Gasteiger partial charge in [0.15, 0.2) is 0 Å². The van der Waals surface area contributed by atoms with E-state index in [0.717, 1.165) is 33.5 Å². The first-order chi connectivity index (χ1) is 22.6. The number of methoxy groups -OCH3 is 2. The van der Waals surface area contributed by atoms with E-state index in [4.69, 9.17) is 9.47 Å². The van der Waals surface area contributed by atoms with E-state index in [2.05, 4.69) is 23.2 Å². The molecule has 2 amide bonds. The van der Waals surface area contributed by atoms with Gasteiger partial charge in [-0.25, -0.2) is 9.59 Å². The second kappa shape index (κ2) is 14.4. The predicted molar refractivity (Wildman–Crippen MR) is 181 cm³/mol. The summed E-state index contributed by atoms with van der Waals surface area (Å²) in [7, 11) is 2.72. The zero-order chi connectivity index (χ0) is 33.7. The summed E-state index contributed by atoms with van der Waals surface area (Å²) in [6.45, 7) is 6.25. The molecular weight excluding hydrogens is 594 g/mol. The average Bonchev–Trinajstić information content (AvgIpc) is 3.07. The van der Waals surface area contributed by atoms with Gasteiger partial charge in [-0.05, 0) is 89.7 Å². The van der Waals surface area contributed by atoms with Crippen LogP contribution in [0, 0.1) is 0 Å². The van der Waals surface area contributed by atoms with E-state index in [9.17, 15) is 19.2 Å². The van der Waals surface area contributed by atoms with Crippen LogP contribution in [0.25, 0.3) is 11.1 Å². The SMILES string of the molecule is COC(=O)c1ccc(CN(Cc2ccc(C(=O)OC)cc2)[C@@H]2C[C@H](C)N(C(C)=O)c3ccc(-c4cccc(NC(C)=O)c4)cc32)cc1. The van der Waals surface area contributed by atoms with Crippen LogP contribution in [0.1, 0.15) is 70.6 Å². The van der Waals surface area contributed by atoms with Gasteiger partial charge >= 0.3 is 11.9 Å². The lowest BCUT2D eigenvalue weighted by molar-refractivity contribution is -0.117. The molecule has 242 valence electrons. The van der Waals surface area contributed by atoms with Gasteiger partial charge in [0.25, 0.3) is 0 Å². The van der Waals surface area contributed by atoms with Crippen molar-refractivity contribution in [3.8, 4) is 11.1 Å². The molecule has 0 radical (unpaired) electrons. The molecule has 2 atom stereocenters. The summed E-state index contributed by atoms with van der Waals surface area (Å²) in [5.41, 5.74) is 7.43. The quantitative estimate of drug-likeness (QED) is 0.203. The Morgan fingerprint density at radius 2 is 1.32 bits per heavy atom. The third-order valence-corrected chi connectivity index (χ3v) is 8.47. The van der Waals surface area contributed by atoms with E-state index in [0.29, 0.717) is 36.3 Å². The Kier molecular flexibility index (Phi) is 10.2. The summed E-state index contributed by atoms with van der Waals surface area (Å²) in [6, 6.07) is 28.5. The van der Waals surface area contributed by atoms with Crippen molar-refractivity contribution in [2.75, 3.05) is 24.4 Å². The highest BCUT2D eigenvalue weighted by atomic mass is 16.5. The monoisotopic (exact) mass is 633 g/mol. The summed E-state index contributed by atoms with van der Waals surface area (Å²) in [6.07, 6.45) is 0.683. The summed E-state index contributed by atoms with van der Waals surface area (Å²) < 4.78 is 9.77. The van der Waals surface area contributed by atoms with Gasteiger partial charge in [-0.1, -0.05) is 42.5 Å². The molecular formula is C38H39N3O6. The molecule has 0 fully saturated rings. The highest BCUT2D eigenvalue weighted by Crippen LogP contribution is 2.43. The first-order valence-electron chi connectivity index (χ1n) is 15.5. The minimum atomic E-state index is -0.395. The van der Waals surface area contributed by atoms with E-state index in [-0.39, 0.29) is 23.9 Å². The molecule has 9 nitrogen and oxygen atoms in total. The number of hydrogen-bond donors (Lipinski definition) is 1. The zero-order valence-corrected chi connectivity index (χ0v) is 27.3. The van der Waals surface area contributed by atoms with E-state index < -0.39 is 11.9 Å². The van der Waals surface area contributed by atoms with Crippen LogP contribution in [-0.4, -0.2) is 48.9 Å². The van der Waals surface area contributed by atoms with Crippen LogP contribution in [0.2, 0.25) is 0 Å². The fraction of sp³-hybridized carbons (Fsp3) is 0.263. The number of esters is 2. The lowest BCUT2D eigenvalue weighted by Gasteiger charge is -2.43. The number of carbonyl (C=O) groups is 4. The summed E-state index contributed by atoms with van der Waals surface area (Å²) in [5, 5.41) is 2.86. The average molecular weight is 634 g/mol. The number of ether oxygens (including phenoxy) is 2. The molecule has 0 bridgehead atoms. The fourth-order valence-corrected chi connectivity index (χ4v) is 6.29. The molecule has 1 heterocycles. The molecule has 4 aromatic rings. The van der Waals surface area contributed by atoms with Crippen LogP contribution in [0.5, 0.6) is 0 Å². The van der Waals surface area contributed by atoms with Gasteiger partial charge in [-0.2, -0.15) is 0 Å². The zero-order valence-electron chi connectivity index (χ0n) is 27.3. The molecule has 1 N–H and O–H groups in total. The van der Waals surface area contributed by atoms with Crippen molar-refractivity contribution in [3.63, 3.8) is 0 Å². The van der Waals surface area contributed by atoms with Crippen molar-refractivity contribution in [2.45, 2.75) is 52.4 Å². The van der Waals surface area contributed by atoms with Gasteiger partial charge in [0.1, 0.15) is 0 Å². The number of hydrogen-bond acceptors (Lipinski definition) is 7. The molecule has 1 aliphatic heterocycles. The first-order valence-corrected chi connectivity index (χ1v) is 15.5. The van der Waals surface area contributed by atoms with Crippen molar-refractivity contribution in [3.05, 3.63) is 119 Å². The van der Waals surface area contributed by atoms with Crippen LogP contribution in [0.3, 0.4) is 0 Å². The number of carbonyl (C=O) groups excluding carboxylic acids is 4. The molecule has 5 rings (SSSR count). The lowest BCUT2D eigenvalue weighted by atomic mass is 9.87. The standard InChI is InChI=1S/C38H39N3O6/c1-24-19-36(34-21-32(17-18-35(34)41(24)26(3)43)31-7-6-8-33(20-31)39-25(2)42)40(22-27-9-13-29(14-10-27)37(44)46-4)23-28-11-15-30(16-12-28)38(45)47-5/h6-18,20-21,24,36H,19,22-23H2,1-5H3,(H,39,42)/t24-,36+/m0/s1. The number of rotatable bonds is 9. The Morgan fingerprint density at radius 1 is 0.766 bits per heavy atom. The van der Waals surface area contributed by atoms with Gasteiger partial charge < -0.3 is 19.7 Å². The maximum absolute atomic E-state index is 13.0. The minimum absolute atomic E-state index is 0.0269. The first kappa shape index (κ1) is 33.1. The van der Waals surface area contributed by atoms with Crippen LogP contribution >= 0.6 is 0 Å². The number of nitrogens with zero attached hydrogens (tertiary/aromatic N) is 2. The fourth-order valence-electron chi connectivity index (χ4n) is 6.29. The van der Waals surface area contributed by atoms with Crippen molar-refractivity contribution >= 4 is 35.1 Å². The normalized spacial score (nSPS) is 15.5. The second-order valence-electron chi connectivity index (χ2n) is 11.8. The molecule has 0 saturated heterocycles. The van der Waals surface area contributed by atoms with Gasteiger partial charge in [-0.3, -0.25) is 14.5 Å². The Hall–Kier alpha value is -5.28. The van der Waals surface area contributed by atoms with Crippen LogP contribution in [-0.2, 0) is 32.2 Å². The van der Waals surface area contributed by atoms with E-state index in [1.165, 1.54) is 21.1 Å².